The van der Waals surface area contributed by atoms with Crippen LogP contribution in [0.3, 0.4) is 0 Å². The van der Waals surface area contributed by atoms with Gasteiger partial charge in [-0.2, -0.15) is 0 Å². The number of rotatable bonds is 4. The fraction of sp³-hybridized carbons (Fsp3) is 0.800. The maximum Gasteiger partial charge on any atom is 0.321 e. The van der Waals surface area contributed by atoms with Crippen LogP contribution in [0.4, 0.5) is 0 Å². The second-order valence-electron chi connectivity index (χ2n) is 4.55. The molecule has 20 heavy (non-hydrogen) atoms. The lowest BCUT2D eigenvalue weighted by molar-refractivity contribution is -0.167. The smallest absolute Gasteiger partial charge is 0.321 e. The number of nitrogens with zero attached hydrogens (tertiary/aromatic N) is 1. The maximum absolute atomic E-state index is 12.0. The molecule has 0 aromatic rings. The van der Waals surface area contributed by atoms with Gasteiger partial charge in [-0.25, -0.2) is 0 Å². The molecule has 2 rings (SSSR count). The first-order valence-corrected chi connectivity index (χ1v) is 8.83. The van der Waals surface area contributed by atoms with Crippen molar-refractivity contribution in [1.82, 2.24) is 10.2 Å². The molecule has 3 atom stereocenters. The molecular weight excluding hydrogens is 414 g/mol. The number of ether oxygens (including phenoxy) is 1. The highest BCUT2D eigenvalue weighted by Gasteiger charge is 2.61. The number of carbonyl (C=O) groups is 2. The van der Waals surface area contributed by atoms with Gasteiger partial charge in [0.05, 0.1) is 11.4 Å². The third-order valence-electron chi connectivity index (χ3n) is 3.22. The highest BCUT2D eigenvalue weighted by atomic mass is 79.9. The first-order valence-electron chi connectivity index (χ1n) is 5.69. The van der Waals surface area contributed by atoms with Gasteiger partial charge in [-0.1, -0.05) is 50.7 Å². The van der Waals surface area contributed by atoms with Crippen LogP contribution >= 0.6 is 62.5 Å². The van der Waals surface area contributed by atoms with Crippen molar-refractivity contribution in [3.05, 3.63) is 0 Å². The van der Waals surface area contributed by atoms with Crippen molar-refractivity contribution in [1.29, 1.82) is 0 Å². The molecule has 0 aromatic heterocycles. The second kappa shape index (κ2) is 6.01. The molecule has 2 unspecified atom stereocenters. The Bertz CT molecular complexity index is 430. The van der Waals surface area contributed by atoms with Crippen molar-refractivity contribution in [2.24, 2.45) is 5.92 Å². The zero-order valence-electron chi connectivity index (χ0n) is 10.4. The fourth-order valence-electron chi connectivity index (χ4n) is 2.11. The van der Waals surface area contributed by atoms with Crippen molar-refractivity contribution in [2.45, 2.75) is 14.0 Å². The normalized spacial score (nSPS) is 32.9. The molecule has 5 nitrogen and oxygen atoms in total. The minimum Gasteiger partial charge on any atom is -0.460 e. The molecule has 0 saturated carbocycles. The summed E-state index contributed by atoms with van der Waals surface area (Å²) in [6, 6.07) is 0. The number of thioether (sulfide) groups is 1. The second-order valence-corrected chi connectivity index (χ2v) is 9.13. The Morgan fingerprint density at radius 2 is 2.30 bits per heavy atom. The highest BCUT2D eigenvalue weighted by molar-refractivity contribution is 9.09. The first-order chi connectivity index (χ1) is 9.23. The van der Waals surface area contributed by atoms with E-state index in [-0.39, 0.29) is 22.8 Å². The molecule has 2 saturated heterocycles. The van der Waals surface area contributed by atoms with E-state index in [0.717, 1.165) is 0 Å². The molecule has 0 aromatic carbocycles. The summed E-state index contributed by atoms with van der Waals surface area (Å²) in [5.41, 5.74) is 0. The van der Waals surface area contributed by atoms with E-state index in [1.54, 1.807) is 4.90 Å². The van der Waals surface area contributed by atoms with E-state index in [4.69, 9.17) is 39.5 Å². The van der Waals surface area contributed by atoms with Gasteiger partial charge in [0.15, 0.2) is 5.92 Å². The molecule has 0 aliphatic carbocycles. The minimum absolute atomic E-state index is 0.227. The van der Waals surface area contributed by atoms with Crippen molar-refractivity contribution < 1.29 is 14.3 Å². The number of esters is 1. The average Bonchev–Trinajstić information content (AvgIpc) is 2.72. The van der Waals surface area contributed by atoms with Crippen LogP contribution in [0.15, 0.2) is 0 Å². The molecule has 1 N–H and O–H groups in total. The molecule has 1 amide bonds. The van der Waals surface area contributed by atoms with Gasteiger partial charge < -0.3 is 15.0 Å². The summed E-state index contributed by atoms with van der Waals surface area (Å²) in [6.45, 7) is 0.171. The standard InChI is InChI=1S/C10H12BrCl3N2O3S/c1-15-9(2-11)3-16-6(17)5(7(16)20-9)8(18)19-4-10(12,13)14/h5,7,15H,2-4H2,1H3/t5?,7-,9?/m1/s1. The molecule has 2 aliphatic heterocycles. The van der Waals surface area contributed by atoms with E-state index in [1.165, 1.54) is 11.8 Å². The van der Waals surface area contributed by atoms with Crippen molar-refractivity contribution >= 4 is 74.4 Å². The Morgan fingerprint density at radius 3 is 2.80 bits per heavy atom. The molecule has 10 heteroatoms. The van der Waals surface area contributed by atoms with Crippen LogP contribution in [-0.2, 0) is 14.3 Å². The number of halogens is 4. The van der Waals surface area contributed by atoms with Crippen LogP contribution in [0.2, 0.25) is 0 Å². The van der Waals surface area contributed by atoms with Crippen LogP contribution in [0.5, 0.6) is 0 Å². The molecule has 114 valence electrons. The van der Waals surface area contributed by atoms with E-state index in [9.17, 15) is 9.59 Å². The van der Waals surface area contributed by atoms with Gasteiger partial charge in [0, 0.05) is 5.33 Å². The minimum atomic E-state index is -1.67. The maximum atomic E-state index is 12.0. The number of alkyl halides is 4. The van der Waals surface area contributed by atoms with E-state index in [2.05, 4.69) is 21.2 Å². The summed E-state index contributed by atoms with van der Waals surface area (Å²) in [6.07, 6.45) is 0. The highest BCUT2D eigenvalue weighted by Crippen LogP contribution is 2.49. The Balaban J connectivity index is 1.99. The summed E-state index contributed by atoms with van der Waals surface area (Å²) < 4.78 is 3.23. The van der Waals surface area contributed by atoms with Gasteiger partial charge in [0.25, 0.3) is 0 Å². The van der Waals surface area contributed by atoms with Crippen molar-refractivity contribution in [3.8, 4) is 0 Å². The summed E-state index contributed by atoms with van der Waals surface area (Å²) in [4.78, 5) is 25.3. The molecule has 2 heterocycles. The monoisotopic (exact) mass is 424 g/mol. The number of carbonyl (C=O) groups excluding carboxylic acids is 2. The van der Waals surface area contributed by atoms with Crippen LogP contribution in [0.25, 0.3) is 0 Å². The van der Waals surface area contributed by atoms with E-state index in [0.29, 0.717) is 11.9 Å². The third kappa shape index (κ3) is 3.17. The summed E-state index contributed by atoms with van der Waals surface area (Å²) in [5.74, 6) is -1.70. The van der Waals surface area contributed by atoms with Crippen LogP contribution in [-0.4, -0.2) is 56.3 Å². The van der Waals surface area contributed by atoms with Gasteiger partial charge in [-0.15, -0.1) is 11.8 Å². The third-order valence-corrected chi connectivity index (χ3v) is 6.57. The topological polar surface area (TPSA) is 58.6 Å². The van der Waals surface area contributed by atoms with Gasteiger partial charge in [-0.05, 0) is 7.05 Å². The number of hydrogen-bond acceptors (Lipinski definition) is 5. The zero-order valence-corrected chi connectivity index (χ0v) is 15.0. The van der Waals surface area contributed by atoms with Crippen molar-refractivity contribution in [2.75, 3.05) is 25.5 Å². The summed E-state index contributed by atoms with van der Waals surface area (Å²) in [7, 11) is 1.82. The first kappa shape index (κ1) is 17.0. The Morgan fingerprint density at radius 1 is 1.65 bits per heavy atom. The van der Waals surface area contributed by atoms with E-state index in [1.807, 2.05) is 7.05 Å². The molecule has 0 spiro atoms. The van der Waals surface area contributed by atoms with E-state index >= 15 is 0 Å². The lowest BCUT2D eigenvalue weighted by Gasteiger charge is -2.39. The predicted octanol–water partition coefficient (Wildman–Crippen LogP) is 1.74. The molecule has 2 fully saturated rings. The SMILES string of the molecule is CNC1(CBr)CN2C(=O)C(C(=O)OCC(Cl)(Cl)Cl)[C@H]2S1. The fourth-order valence-corrected chi connectivity index (χ4v) is 4.65. The zero-order chi connectivity index (χ0) is 15.1. The quantitative estimate of drug-likeness (QED) is 0.321. The van der Waals surface area contributed by atoms with Crippen molar-refractivity contribution in [3.63, 3.8) is 0 Å². The number of likely N-dealkylation sites (N-methyl/N-ethyl adjacent to an activating group) is 1. The lowest BCUT2D eigenvalue weighted by Crippen LogP contribution is -2.60. The number of β-lactam (4-membered cyclic amide) rings is 1. The summed E-state index contributed by atoms with van der Waals surface area (Å²) in [5, 5.41) is 3.61. The average molecular weight is 427 g/mol. The van der Waals surface area contributed by atoms with Gasteiger partial charge in [0.1, 0.15) is 12.0 Å². The summed E-state index contributed by atoms with van der Waals surface area (Å²) >= 11 is 21.5. The van der Waals surface area contributed by atoms with Gasteiger partial charge in [0.2, 0.25) is 9.70 Å². The number of hydrogen-bond donors (Lipinski definition) is 1. The van der Waals surface area contributed by atoms with Gasteiger partial charge in [-0.3, -0.25) is 9.59 Å². The molecule has 0 bridgehead atoms. The molecule has 2 aliphatic rings. The Labute approximate surface area is 144 Å². The van der Waals surface area contributed by atoms with E-state index < -0.39 is 15.7 Å². The molecule has 0 radical (unpaired) electrons. The number of amides is 1. The molecular formula is C10H12BrCl3N2O3S. The predicted molar refractivity (Wildman–Crippen MR) is 83.4 cm³/mol. The van der Waals surface area contributed by atoms with Crippen LogP contribution in [0, 0.1) is 5.92 Å². The largest absolute Gasteiger partial charge is 0.460 e. The van der Waals surface area contributed by atoms with Crippen LogP contribution < -0.4 is 5.32 Å². The van der Waals surface area contributed by atoms with Gasteiger partial charge >= 0.3 is 5.97 Å². The Kier molecular flexibility index (Phi) is 5.09. The lowest BCUT2D eigenvalue weighted by atomic mass is 9.98. The number of nitrogens with one attached hydrogen (secondary N) is 1. The Hall–Kier alpha value is 0.600. The van der Waals surface area contributed by atoms with Crippen LogP contribution in [0.1, 0.15) is 0 Å². The number of fused-ring (bicyclic) bond motifs is 1.